The van der Waals surface area contributed by atoms with Crippen LogP contribution in [0.15, 0.2) is 23.1 Å². The first-order chi connectivity index (χ1) is 8.75. The molecule has 0 fully saturated rings. The highest BCUT2D eigenvalue weighted by Gasteiger charge is 2.16. The van der Waals surface area contributed by atoms with Crippen LogP contribution in [0.4, 0.5) is 5.69 Å². The summed E-state index contributed by atoms with van der Waals surface area (Å²) in [6.45, 7) is 1.92. The van der Waals surface area contributed by atoms with E-state index in [0.29, 0.717) is 6.42 Å². The number of hydrogen-bond acceptors (Lipinski definition) is 4. The standard InChI is InChI=1S/C12H17ClN2O3S/c1-3-4-10(14)12(16)15-11-7-8(19(2,17)18)5-6-9(11)13/h5-7,10H,3-4,14H2,1-2H3,(H,15,16). The quantitative estimate of drug-likeness (QED) is 0.868. The molecule has 3 N–H and O–H groups in total. The summed E-state index contributed by atoms with van der Waals surface area (Å²) in [4.78, 5) is 11.9. The van der Waals surface area contributed by atoms with E-state index in [9.17, 15) is 13.2 Å². The molecule has 106 valence electrons. The normalized spacial score (nSPS) is 13.1. The van der Waals surface area contributed by atoms with Gasteiger partial charge in [-0.25, -0.2) is 8.42 Å². The Morgan fingerprint density at radius 3 is 2.63 bits per heavy atom. The van der Waals surface area contributed by atoms with Crippen LogP contribution in [-0.4, -0.2) is 26.6 Å². The molecule has 19 heavy (non-hydrogen) atoms. The molecule has 0 aromatic heterocycles. The summed E-state index contributed by atoms with van der Waals surface area (Å²) < 4.78 is 22.9. The number of hydrogen-bond donors (Lipinski definition) is 2. The maximum atomic E-state index is 11.8. The lowest BCUT2D eigenvalue weighted by molar-refractivity contribution is -0.117. The largest absolute Gasteiger partial charge is 0.323 e. The van der Waals surface area contributed by atoms with Crippen molar-refractivity contribution in [1.82, 2.24) is 0 Å². The maximum absolute atomic E-state index is 11.8. The van der Waals surface area contributed by atoms with Crippen molar-refractivity contribution in [2.45, 2.75) is 30.7 Å². The first-order valence-electron chi connectivity index (χ1n) is 5.81. The molecule has 1 aromatic carbocycles. The Kier molecular flexibility index (Phi) is 5.34. The zero-order valence-corrected chi connectivity index (χ0v) is 12.4. The minimum absolute atomic E-state index is 0.0938. The van der Waals surface area contributed by atoms with E-state index in [1.165, 1.54) is 18.2 Å². The fourth-order valence-corrected chi connectivity index (χ4v) is 2.31. The summed E-state index contributed by atoms with van der Waals surface area (Å²) in [5, 5.41) is 2.81. The summed E-state index contributed by atoms with van der Waals surface area (Å²) in [5.41, 5.74) is 5.93. The zero-order valence-electron chi connectivity index (χ0n) is 10.8. The second-order valence-electron chi connectivity index (χ2n) is 4.30. The smallest absolute Gasteiger partial charge is 0.241 e. The molecule has 1 unspecified atom stereocenters. The number of carbonyl (C=O) groups is 1. The lowest BCUT2D eigenvalue weighted by atomic mass is 10.1. The van der Waals surface area contributed by atoms with E-state index in [1.807, 2.05) is 6.92 Å². The van der Waals surface area contributed by atoms with E-state index in [2.05, 4.69) is 5.32 Å². The average Bonchev–Trinajstić information content (AvgIpc) is 2.30. The average molecular weight is 305 g/mol. The maximum Gasteiger partial charge on any atom is 0.241 e. The number of amides is 1. The van der Waals surface area contributed by atoms with Crippen LogP contribution < -0.4 is 11.1 Å². The molecule has 1 aromatic rings. The van der Waals surface area contributed by atoms with Gasteiger partial charge in [0.15, 0.2) is 9.84 Å². The summed E-state index contributed by atoms with van der Waals surface area (Å²) >= 11 is 5.92. The minimum Gasteiger partial charge on any atom is -0.323 e. The predicted octanol–water partition coefficient (Wildman–Crippen LogP) is 1.81. The van der Waals surface area contributed by atoms with Gasteiger partial charge >= 0.3 is 0 Å². The van der Waals surface area contributed by atoms with Crippen molar-refractivity contribution in [2.24, 2.45) is 5.73 Å². The number of benzene rings is 1. The third-order valence-electron chi connectivity index (χ3n) is 2.56. The SMILES string of the molecule is CCCC(N)C(=O)Nc1cc(S(C)(=O)=O)ccc1Cl. The van der Waals surface area contributed by atoms with Gasteiger partial charge in [-0.1, -0.05) is 24.9 Å². The van der Waals surface area contributed by atoms with Gasteiger partial charge in [0.2, 0.25) is 5.91 Å². The highest BCUT2D eigenvalue weighted by Crippen LogP contribution is 2.25. The topological polar surface area (TPSA) is 89.3 Å². The van der Waals surface area contributed by atoms with Gasteiger partial charge in [-0.05, 0) is 24.6 Å². The van der Waals surface area contributed by atoms with Crippen LogP contribution in [0.1, 0.15) is 19.8 Å². The van der Waals surface area contributed by atoms with Crippen LogP contribution in [-0.2, 0) is 14.6 Å². The van der Waals surface area contributed by atoms with Crippen LogP contribution in [0, 0.1) is 0 Å². The molecule has 0 saturated carbocycles. The first kappa shape index (κ1) is 15.9. The Labute approximate surface area is 118 Å². The van der Waals surface area contributed by atoms with E-state index >= 15 is 0 Å². The minimum atomic E-state index is -3.35. The van der Waals surface area contributed by atoms with Crippen molar-refractivity contribution < 1.29 is 13.2 Å². The van der Waals surface area contributed by atoms with Crippen LogP contribution in [0.3, 0.4) is 0 Å². The van der Waals surface area contributed by atoms with E-state index in [1.54, 1.807) is 0 Å². The molecule has 5 nitrogen and oxygen atoms in total. The number of anilines is 1. The molecule has 0 saturated heterocycles. The van der Waals surface area contributed by atoms with Gasteiger partial charge in [0.1, 0.15) is 0 Å². The van der Waals surface area contributed by atoms with Crippen LogP contribution in [0.25, 0.3) is 0 Å². The lowest BCUT2D eigenvalue weighted by Gasteiger charge is -2.13. The lowest BCUT2D eigenvalue weighted by Crippen LogP contribution is -2.35. The van der Waals surface area contributed by atoms with Gasteiger partial charge in [0.05, 0.1) is 21.6 Å². The molecule has 0 aliphatic rings. The molecule has 1 rings (SSSR count). The first-order valence-corrected chi connectivity index (χ1v) is 8.08. The highest BCUT2D eigenvalue weighted by molar-refractivity contribution is 7.90. The van der Waals surface area contributed by atoms with Crippen LogP contribution >= 0.6 is 11.6 Å². The third kappa shape index (κ3) is 4.49. The van der Waals surface area contributed by atoms with Gasteiger partial charge < -0.3 is 11.1 Å². The summed E-state index contributed by atoms with van der Waals surface area (Å²) in [7, 11) is -3.35. The van der Waals surface area contributed by atoms with E-state index in [-0.39, 0.29) is 21.5 Å². The molecular weight excluding hydrogens is 288 g/mol. The summed E-state index contributed by atoms with van der Waals surface area (Å²) in [5.74, 6) is -0.380. The Balaban J connectivity index is 2.98. The summed E-state index contributed by atoms with van der Waals surface area (Å²) in [6, 6.07) is 3.51. The molecular formula is C12H17ClN2O3S. The summed E-state index contributed by atoms with van der Waals surface area (Å²) in [6.07, 6.45) is 2.42. The van der Waals surface area contributed by atoms with E-state index in [0.717, 1.165) is 12.7 Å². The third-order valence-corrected chi connectivity index (χ3v) is 4.00. The van der Waals surface area contributed by atoms with Crippen molar-refractivity contribution in [2.75, 3.05) is 11.6 Å². The van der Waals surface area contributed by atoms with E-state index < -0.39 is 15.9 Å². The fraction of sp³-hybridized carbons (Fsp3) is 0.417. The molecule has 0 bridgehead atoms. The molecule has 0 heterocycles. The van der Waals surface area contributed by atoms with Crippen molar-refractivity contribution in [3.63, 3.8) is 0 Å². The van der Waals surface area contributed by atoms with Gasteiger partial charge in [-0.2, -0.15) is 0 Å². The van der Waals surface area contributed by atoms with Gasteiger partial charge in [-0.3, -0.25) is 4.79 Å². The number of rotatable bonds is 5. The Hall–Kier alpha value is -1.11. The second kappa shape index (κ2) is 6.36. The van der Waals surface area contributed by atoms with Crippen LogP contribution in [0.2, 0.25) is 5.02 Å². The predicted molar refractivity (Wildman–Crippen MR) is 76.1 cm³/mol. The molecule has 0 spiro atoms. The second-order valence-corrected chi connectivity index (χ2v) is 6.72. The van der Waals surface area contributed by atoms with Gasteiger partial charge in [0.25, 0.3) is 0 Å². The Morgan fingerprint density at radius 1 is 1.47 bits per heavy atom. The molecule has 7 heteroatoms. The highest BCUT2D eigenvalue weighted by atomic mass is 35.5. The number of nitrogens with one attached hydrogen (secondary N) is 1. The van der Waals surface area contributed by atoms with Gasteiger partial charge in [0, 0.05) is 6.26 Å². The number of carbonyl (C=O) groups excluding carboxylic acids is 1. The molecule has 0 aliphatic carbocycles. The Morgan fingerprint density at radius 2 is 2.11 bits per heavy atom. The fourth-order valence-electron chi connectivity index (χ4n) is 1.50. The number of sulfone groups is 1. The zero-order chi connectivity index (χ0) is 14.6. The molecule has 1 amide bonds. The van der Waals surface area contributed by atoms with Crippen molar-refractivity contribution in [3.8, 4) is 0 Å². The molecule has 0 radical (unpaired) electrons. The van der Waals surface area contributed by atoms with Crippen molar-refractivity contribution in [1.29, 1.82) is 0 Å². The number of halogens is 1. The molecule has 1 atom stereocenters. The monoisotopic (exact) mass is 304 g/mol. The van der Waals surface area contributed by atoms with E-state index in [4.69, 9.17) is 17.3 Å². The van der Waals surface area contributed by atoms with Crippen molar-refractivity contribution >= 4 is 33.0 Å². The molecule has 0 aliphatic heterocycles. The number of nitrogens with two attached hydrogens (primary N) is 1. The van der Waals surface area contributed by atoms with Crippen molar-refractivity contribution in [3.05, 3.63) is 23.2 Å². The van der Waals surface area contributed by atoms with Crippen LogP contribution in [0.5, 0.6) is 0 Å². The Bertz CT molecular complexity index is 572. The van der Waals surface area contributed by atoms with Gasteiger partial charge in [-0.15, -0.1) is 0 Å².